The van der Waals surface area contributed by atoms with Crippen LogP contribution in [0.25, 0.3) is 33.2 Å². The van der Waals surface area contributed by atoms with E-state index in [4.69, 9.17) is 4.74 Å². The highest BCUT2D eigenvalue weighted by Gasteiger charge is 2.29. The molecule has 0 spiro atoms. The number of carbonyl (C=O) groups is 1. The molecule has 0 unspecified atom stereocenters. The first-order chi connectivity index (χ1) is 16.4. The summed E-state index contributed by atoms with van der Waals surface area (Å²) in [7, 11) is 3.31. The van der Waals surface area contributed by atoms with Gasteiger partial charge in [-0.3, -0.25) is 23.9 Å². The Labute approximate surface area is 195 Å². The van der Waals surface area contributed by atoms with Crippen molar-refractivity contribution in [1.82, 2.24) is 29.0 Å². The van der Waals surface area contributed by atoms with Gasteiger partial charge in [-0.15, -0.1) is 0 Å². The molecule has 1 aliphatic rings. The SMILES string of the molecule is COc1ccc(-c2cc3c(cn2)ncc2c3n(C3CCN(C(=O)[C@@H](C)O)CC3)c(=O)n2C)cn1. The average Bonchev–Trinajstić information content (AvgIpc) is 3.13. The van der Waals surface area contributed by atoms with E-state index in [0.717, 1.165) is 27.7 Å². The van der Waals surface area contributed by atoms with Crippen molar-refractivity contribution in [3.63, 3.8) is 0 Å². The molecule has 5 rings (SSSR count). The van der Waals surface area contributed by atoms with E-state index in [1.54, 1.807) is 48.3 Å². The number of likely N-dealkylation sites (tertiary alicyclic amines) is 1. The molecule has 0 bridgehead atoms. The molecule has 0 aliphatic carbocycles. The predicted molar refractivity (Wildman–Crippen MR) is 127 cm³/mol. The van der Waals surface area contributed by atoms with Crippen LogP contribution in [0.3, 0.4) is 0 Å². The Morgan fingerprint density at radius 3 is 2.56 bits per heavy atom. The van der Waals surface area contributed by atoms with Gasteiger partial charge in [0.2, 0.25) is 5.88 Å². The number of fused-ring (bicyclic) bond motifs is 3. The number of nitrogens with zero attached hydrogens (tertiary/aromatic N) is 6. The van der Waals surface area contributed by atoms with Crippen LogP contribution in [0.2, 0.25) is 0 Å². The fourth-order valence-electron chi connectivity index (χ4n) is 4.69. The maximum absolute atomic E-state index is 13.3. The summed E-state index contributed by atoms with van der Waals surface area (Å²) >= 11 is 0. The average molecular weight is 463 g/mol. The summed E-state index contributed by atoms with van der Waals surface area (Å²) in [6.07, 6.45) is 5.35. The largest absolute Gasteiger partial charge is 0.481 e. The molecule has 0 aromatic carbocycles. The van der Waals surface area contributed by atoms with Gasteiger partial charge in [-0.05, 0) is 31.9 Å². The molecular weight excluding hydrogens is 436 g/mol. The summed E-state index contributed by atoms with van der Waals surface area (Å²) < 4.78 is 8.59. The van der Waals surface area contributed by atoms with Crippen molar-refractivity contribution in [3.05, 3.63) is 47.3 Å². The minimum Gasteiger partial charge on any atom is -0.481 e. The molecule has 10 heteroatoms. The van der Waals surface area contributed by atoms with Crippen molar-refractivity contribution >= 4 is 27.8 Å². The number of aliphatic hydroxyl groups is 1. The van der Waals surface area contributed by atoms with Gasteiger partial charge in [-0.2, -0.15) is 0 Å². The number of ether oxygens (including phenoxy) is 1. The van der Waals surface area contributed by atoms with Gasteiger partial charge in [0.15, 0.2) is 0 Å². The molecule has 1 aliphatic heterocycles. The van der Waals surface area contributed by atoms with Gasteiger partial charge in [0.05, 0.1) is 41.7 Å². The van der Waals surface area contributed by atoms with Gasteiger partial charge in [0, 0.05) is 49.4 Å². The zero-order valence-corrected chi connectivity index (χ0v) is 19.3. The molecule has 0 saturated carbocycles. The smallest absolute Gasteiger partial charge is 0.329 e. The summed E-state index contributed by atoms with van der Waals surface area (Å²) in [4.78, 5) is 40.5. The monoisotopic (exact) mass is 462 g/mol. The summed E-state index contributed by atoms with van der Waals surface area (Å²) in [5, 5.41) is 10.5. The van der Waals surface area contributed by atoms with E-state index < -0.39 is 6.10 Å². The van der Waals surface area contributed by atoms with Gasteiger partial charge >= 0.3 is 5.69 Å². The Morgan fingerprint density at radius 2 is 1.91 bits per heavy atom. The summed E-state index contributed by atoms with van der Waals surface area (Å²) in [6, 6.07) is 5.54. The van der Waals surface area contributed by atoms with E-state index in [1.807, 2.05) is 16.7 Å². The molecule has 1 atom stereocenters. The number of amides is 1. The quantitative estimate of drug-likeness (QED) is 0.492. The van der Waals surface area contributed by atoms with Crippen molar-refractivity contribution in [1.29, 1.82) is 0 Å². The lowest BCUT2D eigenvalue weighted by atomic mass is 10.0. The highest BCUT2D eigenvalue weighted by Crippen LogP contribution is 2.31. The molecule has 4 aromatic rings. The third-order valence-corrected chi connectivity index (χ3v) is 6.54. The molecule has 1 amide bonds. The van der Waals surface area contributed by atoms with E-state index in [9.17, 15) is 14.7 Å². The van der Waals surface area contributed by atoms with Crippen LogP contribution in [0.1, 0.15) is 25.8 Å². The lowest BCUT2D eigenvalue weighted by Gasteiger charge is -2.33. The van der Waals surface area contributed by atoms with Crippen LogP contribution in [0, 0.1) is 0 Å². The molecular formula is C24H26N6O4. The number of aliphatic hydroxyl groups excluding tert-OH is 1. The number of rotatable bonds is 4. The van der Waals surface area contributed by atoms with Crippen molar-refractivity contribution in [2.45, 2.75) is 31.9 Å². The van der Waals surface area contributed by atoms with E-state index in [0.29, 0.717) is 37.3 Å². The first-order valence-corrected chi connectivity index (χ1v) is 11.2. The van der Waals surface area contributed by atoms with Crippen molar-refractivity contribution in [3.8, 4) is 17.1 Å². The molecule has 10 nitrogen and oxygen atoms in total. The second-order valence-electron chi connectivity index (χ2n) is 8.61. The number of hydrogen-bond donors (Lipinski definition) is 1. The van der Waals surface area contributed by atoms with Crippen LogP contribution in [-0.2, 0) is 11.8 Å². The standard InChI is InChI=1S/C24H26N6O4/c1-14(31)23(32)29-8-6-16(7-9-29)30-22-17-10-18(15-4-5-21(34-3)27-11-15)25-12-19(17)26-13-20(22)28(2)24(30)33/h4-5,10-14,16,31H,6-9H2,1-3H3/t14-/m1/s1. The Kier molecular flexibility index (Phi) is 5.52. The molecule has 5 heterocycles. The molecule has 0 radical (unpaired) electrons. The van der Waals surface area contributed by atoms with E-state index >= 15 is 0 Å². The van der Waals surface area contributed by atoms with E-state index in [2.05, 4.69) is 15.0 Å². The Morgan fingerprint density at radius 1 is 1.15 bits per heavy atom. The Hall–Kier alpha value is -3.79. The fraction of sp³-hybridized carbons (Fsp3) is 0.375. The second kappa shape index (κ2) is 8.53. The number of hydrogen-bond acceptors (Lipinski definition) is 7. The first kappa shape index (κ1) is 22.0. The number of aryl methyl sites for hydroxylation is 1. The number of aromatic nitrogens is 5. The summed E-state index contributed by atoms with van der Waals surface area (Å²) in [5.41, 5.74) is 3.67. The van der Waals surface area contributed by atoms with Gasteiger partial charge in [0.25, 0.3) is 5.91 Å². The van der Waals surface area contributed by atoms with Gasteiger partial charge < -0.3 is 14.7 Å². The van der Waals surface area contributed by atoms with Crippen molar-refractivity contribution in [2.24, 2.45) is 7.05 Å². The normalized spacial score (nSPS) is 15.7. The number of pyridine rings is 3. The molecule has 176 valence electrons. The maximum Gasteiger partial charge on any atom is 0.329 e. The number of piperidine rings is 1. The van der Waals surface area contributed by atoms with E-state index in [-0.39, 0.29) is 17.6 Å². The minimum atomic E-state index is -1.02. The van der Waals surface area contributed by atoms with Crippen LogP contribution in [0.15, 0.2) is 41.6 Å². The Balaban J connectivity index is 1.61. The molecule has 1 saturated heterocycles. The predicted octanol–water partition coefficient (Wildman–Crippen LogP) is 1.90. The number of imidazole rings is 1. The maximum atomic E-state index is 13.3. The summed E-state index contributed by atoms with van der Waals surface area (Å²) in [6.45, 7) is 2.46. The molecule has 4 aromatic heterocycles. The fourth-order valence-corrected chi connectivity index (χ4v) is 4.69. The lowest BCUT2D eigenvalue weighted by molar-refractivity contribution is -0.140. The third kappa shape index (κ3) is 3.60. The van der Waals surface area contributed by atoms with Crippen molar-refractivity contribution < 1.29 is 14.6 Å². The topological polar surface area (TPSA) is 115 Å². The number of methoxy groups -OCH3 is 1. The second-order valence-corrected chi connectivity index (χ2v) is 8.61. The van der Waals surface area contributed by atoms with Gasteiger partial charge in [-0.25, -0.2) is 9.78 Å². The van der Waals surface area contributed by atoms with Crippen LogP contribution in [0.5, 0.6) is 5.88 Å². The van der Waals surface area contributed by atoms with Crippen LogP contribution in [0.4, 0.5) is 0 Å². The first-order valence-electron chi connectivity index (χ1n) is 11.2. The highest BCUT2D eigenvalue weighted by atomic mass is 16.5. The highest BCUT2D eigenvalue weighted by molar-refractivity contribution is 6.03. The van der Waals surface area contributed by atoms with Crippen molar-refractivity contribution in [2.75, 3.05) is 20.2 Å². The molecule has 1 N–H and O–H groups in total. The van der Waals surface area contributed by atoms with Crippen LogP contribution in [-0.4, -0.2) is 66.3 Å². The lowest BCUT2D eigenvalue weighted by Crippen LogP contribution is -2.44. The van der Waals surface area contributed by atoms with Gasteiger partial charge in [-0.1, -0.05) is 0 Å². The minimum absolute atomic E-state index is 0.0703. The third-order valence-electron chi connectivity index (χ3n) is 6.54. The number of carbonyl (C=O) groups excluding carboxylic acids is 1. The van der Waals surface area contributed by atoms with Gasteiger partial charge in [0.1, 0.15) is 6.10 Å². The Bertz CT molecular complexity index is 1430. The van der Waals surface area contributed by atoms with Crippen LogP contribution < -0.4 is 10.4 Å². The van der Waals surface area contributed by atoms with E-state index in [1.165, 1.54) is 6.92 Å². The summed E-state index contributed by atoms with van der Waals surface area (Å²) in [5.74, 6) is 0.244. The molecule has 1 fully saturated rings. The molecule has 34 heavy (non-hydrogen) atoms. The van der Waals surface area contributed by atoms with Crippen LogP contribution >= 0.6 is 0 Å². The zero-order valence-electron chi connectivity index (χ0n) is 19.3. The zero-order chi connectivity index (χ0) is 24.0.